The normalized spacial score (nSPS) is 10.0. The largest absolute Gasteiger partial charge is 0.385 e. The summed E-state index contributed by atoms with van der Waals surface area (Å²) in [6.07, 6.45) is 0.885. The Balaban J connectivity index is 2.70. The van der Waals surface area contributed by atoms with Crippen molar-refractivity contribution >= 4 is 11.4 Å². The van der Waals surface area contributed by atoms with Crippen LogP contribution >= 0.6 is 0 Å². The minimum Gasteiger partial charge on any atom is -0.385 e. The van der Waals surface area contributed by atoms with Crippen LogP contribution < -0.4 is 11.1 Å². The van der Waals surface area contributed by atoms with Crippen molar-refractivity contribution in [2.75, 3.05) is 18.4 Å². The molecule has 0 fully saturated rings. The van der Waals surface area contributed by atoms with Crippen molar-refractivity contribution in [1.29, 1.82) is 0 Å². The summed E-state index contributed by atoms with van der Waals surface area (Å²) >= 11 is 0. The van der Waals surface area contributed by atoms with Gasteiger partial charge in [-0.15, -0.1) is 0 Å². The highest BCUT2D eigenvalue weighted by molar-refractivity contribution is 5.55. The Morgan fingerprint density at radius 3 is 2.80 bits per heavy atom. The number of non-ortho nitro benzene ring substituents is 1. The lowest BCUT2D eigenvalue weighted by atomic mass is 10.2. The van der Waals surface area contributed by atoms with Crippen LogP contribution in [0.1, 0.15) is 12.0 Å². The zero-order valence-electron chi connectivity index (χ0n) is 8.69. The van der Waals surface area contributed by atoms with Gasteiger partial charge in [0.05, 0.1) is 4.92 Å². The van der Waals surface area contributed by atoms with E-state index in [1.807, 2.05) is 6.92 Å². The molecule has 0 radical (unpaired) electrons. The Morgan fingerprint density at radius 2 is 2.27 bits per heavy atom. The number of nitrogens with zero attached hydrogens (tertiary/aromatic N) is 1. The maximum atomic E-state index is 10.5. The van der Waals surface area contributed by atoms with Crippen molar-refractivity contribution in [1.82, 2.24) is 0 Å². The van der Waals surface area contributed by atoms with Gasteiger partial charge in [0.15, 0.2) is 0 Å². The van der Waals surface area contributed by atoms with Crippen molar-refractivity contribution in [3.05, 3.63) is 33.9 Å². The second-order valence-electron chi connectivity index (χ2n) is 3.33. The zero-order chi connectivity index (χ0) is 11.3. The van der Waals surface area contributed by atoms with Gasteiger partial charge in [-0.05, 0) is 31.5 Å². The Bertz CT molecular complexity index is 353. The molecule has 1 aromatic rings. The molecule has 1 aromatic carbocycles. The number of nitrogens with two attached hydrogens (primary N) is 1. The number of aryl methyl sites for hydroxylation is 1. The molecule has 3 N–H and O–H groups in total. The van der Waals surface area contributed by atoms with Crippen molar-refractivity contribution in [2.45, 2.75) is 13.3 Å². The molecule has 5 heteroatoms. The van der Waals surface area contributed by atoms with E-state index in [9.17, 15) is 10.1 Å². The summed E-state index contributed by atoms with van der Waals surface area (Å²) in [4.78, 5) is 10.1. The minimum atomic E-state index is -0.392. The SMILES string of the molecule is Cc1cc([N+](=O)[O-])ccc1NCCCN. The van der Waals surface area contributed by atoms with Gasteiger partial charge in [0.2, 0.25) is 0 Å². The molecule has 0 saturated heterocycles. The van der Waals surface area contributed by atoms with Gasteiger partial charge in [-0.3, -0.25) is 10.1 Å². The third-order valence-corrected chi connectivity index (χ3v) is 2.12. The average molecular weight is 209 g/mol. The van der Waals surface area contributed by atoms with Gasteiger partial charge in [-0.25, -0.2) is 0 Å². The number of nitro benzene ring substituents is 1. The van der Waals surface area contributed by atoms with Crippen LogP contribution in [-0.4, -0.2) is 18.0 Å². The first-order valence-corrected chi connectivity index (χ1v) is 4.84. The number of nitrogens with one attached hydrogen (secondary N) is 1. The highest BCUT2D eigenvalue weighted by Gasteiger charge is 2.07. The molecule has 0 heterocycles. The molecule has 0 aliphatic rings. The van der Waals surface area contributed by atoms with Crippen LogP contribution in [0.3, 0.4) is 0 Å². The predicted molar refractivity (Wildman–Crippen MR) is 60.0 cm³/mol. The van der Waals surface area contributed by atoms with Gasteiger partial charge in [0, 0.05) is 24.4 Å². The molecule has 82 valence electrons. The molecule has 1 rings (SSSR count). The van der Waals surface area contributed by atoms with Crippen LogP contribution in [-0.2, 0) is 0 Å². The maximum Gasteiger partial charge on any atom is 0.269 e. The van der Waals surface area contributed by atoms with Crippen LogP contribution in [0, 0.1) is 17.0 Å². The van der Waals surface area contributed by atoms with Crippen LogP contribution in [0.2, 0.25) is 0 Å². The monoisotopic (exact) mass is 209 g/mol. The summed E-state index contributed by atoms with van der Waals surface area (Å²) in [6.45, 7) is 3.27. The van der Waals surface area contributed by atoms with Crippen LogP contribution in [0.15, 0.2) is 18.2 Å². The second-order valence-corrected chi connectivity index (χ2v) is 3.33. The quantitative estimate of drug-likeness (QED) is 0.439. The number of nitro groups is 1. The fraction of sp³-hybridized carbons (Fsp3) is 0.400. The fourth-order valence-corrected chi connectivity index (χ4v) is 1.28. The zero-order valence-corrected chi connectivity index (χ0v) is 8.69. The Kier molecular flexibility index (Phi) is 4.05. The molecule has 0 aromatic heterocycles. The highest BCUT2D eigenvalue weighted by Crippen LogP contribution is 2.20. The lowest BCUT2D eigenvalue weighted by Gasteiger charge is -2.08. The summed E-state index contributed by atoms with van der Waals surface area (Å²) in [6, 6.07) is 4.78. The predicted octanol–water partition coefficient (Wildman–Crippen LogP) is 1.66. The molecule has 0 spiro atoms. The Labute approximate surface area is 88.4 Å². The Hall–Kier alpha value is -1.62. The van der Waals surface area contributed by atoms with Crippen LogP contribution in [0.4, 0.5) is 11.4 Å². The van der Waals surface area contributed by atoms with Gasteiger partial charge < -0.3 is 11.1 Å². The van der Waals surface area contributed by atoms with E-state index in [1.54, 1.807) is 12.1 Å². The highest BCUT2D eigenvalue weighted by atomic mass is 16.6. The summed E-state index contributed by atoms with van der Waals surface area (Å²) in [5.41, 5.74) is 7.29. The van der Waals surface area contributed by atoms with E-state index in [4.69, 9.17) is 5.73 Å². The summed E-state index contributed by atoms with van der Waals surface area (Å²) < 4.78 is 0. The molecule has 0 atom stereocenters. The molecule has 5 nitrogen and oxygen atoms in total. The van der Waals surface area contributed by atoms with E-state index in [-0.39, 0.29) is 5.69 Å². The third-order valence-electron chi connectivity index (χ3n) is 2.12. The number of hydrogen-bond acceptors (Lipinski definition) is 4. The van der Waals surface area contributed by atoms with E-state index in [0.717, 1.165) is 24.2 Å². The molecule has 0 amide bonds. The first-order chi connectivity index (χ1) is 7.15. The number of anilines is 1. The lowest BCUT2D eigenvalue weighted by Crippen LogP contribution is -2.09. The van der Waals surface area contributed by atoms with E-state index >= 15 is 0 Å². The topological polar surface area (TPSA) is 81.2 Å². The van der Waals surface area contributed by atoms with E-state index in [0.29, 0.717) is 6.54 Å². The number of benzene rings is 1. The van der Waals surface area contributed by atoms with Crippen LogP contribution in [0.5, 0.6) is 0 Å². The van der Waals surface area contributed by atoms with Crippen LogP contribution in [0.25, 0.3) is 0 Å². The first kappa shape index (κ1) is 11.5. The maximum absolute atomic E-state index is 10.5. The third kappa shape index (κ3) is 3.21. The average Bonchev–Trinajstić information content (AvgIpc) is 2.20. The smallest absolute Gasteiger partial charge is 0.269 e. The number of hydrogen-bond donors (Lipinski definition) is 2. The molecule has 15 heavy (non-hydrogen) atoms. The first-order valence-electron chi connectivity index (χ1n) is 4.84. The van der Waals surface area contributed by atoms with Gasteiger partial charge in [-0.1, -0.05) is 0 Å². The van der Waals surface area contributed by atoms with E-state index in [2.05, 4.69) is 5.32 Å². The lowest BCUT2D eigenvalue weighted by molar-refractivity contribution is -0.384. The van der Waals surface area contributed by atoms with Crippen molar-refractivity contribution < 1.29 is 4.92 Å². The molecule has 0 unspecified atom stereocenters. The fourth-order valence-electron chi connectivity index (χ4n) is 1.28. The summed E-state index contributed by atoms with van der Waals surface area (Å²) in [5.74, 6) is 0. The van der Waals surface area contributed by atoms with Crippen molar-refractivity contribution in [3.63, 3.8) is 0 Å². The molecule has 0 bridgehead atoms. The summed E-state index contributed by atoms with van der Waals surface area (Å²) in [7, 11) is 0. The standard InChI is InChI=1S/C10H15N3O2/c1-8-7-9(13(14)15)3-4-10(8)12-6-2-5-11/h3-4,7,12H,2,5-6,11H2,1H3. The molecule has 0 aliphatic carbocycles. The van der Waals surface area contributed by atoms with Crippen molar-refractivity contribution in [2.24, 2.45) is 5.73 Å². The molecular formula is C10H15N3O2. The van der Waals surface area contributed by atoms with E-state index < -0.39 is 4.92 Å². The molecule has 0 saturated carbocycles. The summed E-state index contributed by atoms with van der Waals surface area (Å²) in [5, 5.41) is 13.7. The van der Waals surface area contributed by atoms with Gasteiger partial charge >= 0.3 is 0 Å². The molecular weight excluding hydrogens is 194 g/mol. The van der Waals surface area contributed by atoms with Crippen molar-refractivity contribution in [3.8, 4) is 0 Å². The Morgan fingerprint density at radius 1 is 1.53 bits per heavy atom. The van der Waals surface area contributed by atoms with Gasteiger partial charge in [0.1, 0.15) is 0 Å². The second kappa shape index (κ2) is 5.31. The van der Waals surface area contributed by atoms with Gasteiger partial charge in [-0.2, -0.15) is 0 Å². The number of rotatable bonds is 5. The minimum absolute atomic E-state index is 0.122. The molecule has 0 aliphatic heterocycles. The van der Waals surface area contributed by atoms with Gasteiger partial charge in [0.25, 0.3) is 5.69 Å². The van der Waals surface area contributed by atoms with E-state index in [1.165, 1.54) is 6.07 Å².